The van der Waals surface area contributed by atoms with Gasteiger partial charge in [0.2, 0.25) is 5.91 Å². The van der Waals surface area contributed by atoms with Crippen LogP contribution in [0.25, 0.3) is 0 Å². The van der Waals surface area contributed by atoms with Crippen molar-refractivity contribution in [1.29, 1.82) is 0 Å². The second-order valence-electron chi connectivity index (χ2n) is 9.12. The molecule has 0 bridgehead atoms. The van der Waals surface area contributed by atoms with Gasteiger partial charge in [0.15, 0.2) is 6.04 Å². The number of nitrogens with one attached hydrogen (secondary N) is 2. The Labute approximate surface area is 216 Å². The third-order valence-corrected chi connectivity index (χ3v) is 5.60. The lowest BCUT2D eigenvalue weighted by Gasteiger charge is -2.23. The monoisotopic (exact) mass is 519 g/mol. The molecule has 36 heavy (non-hydrogen) atoms. The molecular formula is C26H34ClN3O6. The number of aliphatic carboxylic acids is 1. The topological polar surface area (TPSA) is 151 Å². The predicted molar refractivity (Wildman–Crippen MR) is 137 cm³/mol. The van der Waals surface area contributed by atoms with E-state index in [0.29, 0.717) is 10.9 Å². The number of nitrogens with two attached hydrogens (primary N) is 1. The van der Waals surface area contributed by atoms with E-state index in [2.05, 4.69) is 10.6 Å². The number of ether oxygens (including phenoxy) is 1. The maximum Gasteiger partial charge on any atom is 0.328 e. The van der Waals surface area contributed by atoms with Gasteiger partial charge in [-0.3, -0.25) is 9.59 Å². The summed E-state index contributed by atoms with van der Waals surface area (Å²) in [7, 11) is 0. The van der Waals surface area contributed by atoms with Crippen molar-refractivity contribution in [2.75, 3.05) is 6.61 Å². The highest BCUT2D eigenvalue weighted by atomic mass is 35.5. The molecule has 9 nitrogen and oxygen atoms in total. The van der Waals surface area contributed by atoms with Gasteiger partial charge in [-0.15, -0.1) is 0 Å². The zero-order chi connectivity index (χ0) is 26.8. The molecule has 0 spiro atoms. The Morgan fingerprint density at radius 3 is 2.31 bits per heavy atom. The van der Waals surface area contributed by atoms with E-state index >= 15 is 0 Å². The molecule has 2 aromatic rings. The Morgan fingerprint density at radius 2 is 1.72 bits per heavy atom. The summed E-state index contributed by atoms with van der Waals surface area (Å²) in [6.07, 6.45) is -0.522. The van der Waals surface area contributed by atoms with Gasteiger partial charge in [0.1, 0.15) is 18.4 Å². The molecule has 0 saturated carbocycles. The first-order valence-electron chi connectivity index (χ1n) is 11.7. The van der Waals surface area contributed by atoms with Crippen LogP contribution in [0.4, 0.5) is 0 Å². The lowest BCUT2D eigenvalue weighted by atomic mass is 10.0. The van der Waals surface area contributed by atoms with Gasteiger partial charge in [-0.05, 0) is 43.0 Å². The van der Waals surface area contributed by atoms with Gasteiger partial charge in [-0.2, -0.15) is 0 Å². The molecule has 0 unspecified atom stereocenters. The van der Waals surface area contributed by atoms with E-state index in [-0.39, 0.29) is 30.4 Å². The highest BCUT2D eigenvalue weighted by molar-refractivity contribution is 6.31. The van der Waals surface area contributed by atoms with E-state index in [9.17, 15) is 24.6 Å². The molecular weight excluding hydrogens is 486 g/mol. The molecule has 2 amide bonds. The minimum absolute atomic E-state index is 0.0839. The summed E-state index contributed by atoms with van der Waals surface area (Å²) >= 11 is 6.13. The van der Waals surface area contributed by atoms with Crippen LogP contribution in [-0.2, 0) is 16.0 Å². The molecule has 0 aromatic heterocycles. The van der Waals surface area contributed by atoms with Crippen LogP contribution in [0.2, 0.25) is 5.02 Å². The fraction of sp³-hybridized carbons (Fsp3) is 0.423. The number of rotatable bonds is 13. The fourth-order valence-corrected chi connectivity index (χ4v) is 3.79. The minimum Gasteiger partial charge on any atom is -0.491 e. The number of carboxylic acids is 1. The zero-order valence-corrected chi connectivity index (χ0v) is 21.4. The molecule has 0 aliphatic rings. The lowest BCUT2D eigenvalue weighted by Crippen LogP contribution is -2.55. The number of hydrogen-bond acceptors (Lipinski definition) is 6. The van der Waals surface area contributed by atoms with E-state index in [1.807, 2.05) is 19.9 Å². The molecule has 0 aliphatic heterocycles. The second kappa shape index (κ2) is 13.8. The van der Waals surface area contributed by atoms with Crippen LogP contribution in [0.1, 0.15) is 43.1 Å². The molecule has 4 atom stereocenters. The zero-order valence-electron chi connectivity index (χ0n) is 20.6. The van der Waals surface area contributed by atoms with Gasteiger partial charge in [-0.1, -0.05) is 55.8 Å². The number of aliphatic hydroxyl groups is 1. The lowest BCUT2D eigenvalue weighted by molar-refractivity contribution is -0.145. The first-order valence-corrected chi connectivity index (χ1v) is 12.1. The van der Waals surface area contributed by atoms with Crippen molar-refractivity contribution in [2.45, 2.75) is 57.8 Å². The first-order chi connectivity index (χ1) is 17.0. The molecule has 196 valence electrons. The van der Waals surface area contributed by atoms with Crippen molar-refractivity contribution in [3.63, 3.8) is 0 Å². The molecule has 0 radical (unpaired) electrons. The molecule has 0 aliphatic carbocycles. The molecule has 0 fully saturated rings. The van der Waals surface area contributed by atoms with Gasteiger partial charge in [-0.25, -0.2) is 4.79 Å². The quantitative estimate of drug-likeness (QED) is 0.272. The van der Waals surface area contributed by atoms with E-state index < -0.39 is 36.0 Å². The molecule has 10 heteroatoms. The minimum atomic E-state index is -1.54. The largest absolute Gasteiger partial charge is 0.491 e. The Morgan fingerprint density at radius 1 is 1.06 bits per heavy atom. The Hall–Kier alpha value is -3.14. The Kier molecular flexibility index (Phi) is 11.2. The van der Waals surface area contributed by atoms with E-state index in [0.717, 1.165) is 12.0 Å². The van der Waals surface area contributed by atoms with Gasteiger partial charge < -0.3 is 31.3 Å². The standard InChI is InChI=1S/C26H34ClN3O6/c1-15(2)11-19(28)14-36-22-10-9-18(27)13-20(22)24(32)29-21(12-17-7-5-4-6-8-17)25(33)30-23(16(3)31)26(34)35/h4-10,13,15-16,19,21,23,31H,11-12,14,28H2,1-3H3,(H,29,32)(H,30,33)(H,34,35)/t16-,19-,21+,23+/m1/s1. The van der Waals surface area contributed by atoms with Crippen LogP contribution in [0.3, 0.4) is 0 Å². The summed E-state index contributed by atoms with van der Waals surface area (Å²) in [4.78, 5) is 37.8. The average molecular weight is 520 g/mol. The highest BCUT2D eigenvalue weighted by Crippen LogP contribution is 2.24. The molecule has 0 saturated heterocycles. The number of aliphatic hydroxyl groups excluding tert-OH is 1. The third kappa shape index (κ3) is 9.14. The van der Waals surface area contributed by atoms with E-state index in [1.54, 1.807) is 36.4 Å². The van der Waals surface area contributed by atoms with Gasteiger partial charge in [0.25, 0.3) is 5.91 Å². The second-order valence-corrected chi connectivity index (χ2v) is 9.56. The normalized spacial score (nSPS) is 14.4. The Balaban J connectivity index is 2.27. The van der Waals surface area contributed by atoms with Crippen LogP contribution in [0.5, 0.6) is 5.75 Å². The number of carbonyl (C=O) groups is 3. The summed E-state index contributed by atoms with van der Waals surface area (Å²) in [5.41, 5.74) is 6.95. The third-order valence-electron chi connectivity index (χ3n) is 5.36. The number of hydrogen-bond donors (Lipinski definition) is 5. The van der Waals surface area contributed by atoms with Crippen molar-refractivity contribution < 1.29 is 29.3 Å². The van der Waals surface area contributed by atoms with Crippen LogP contribution in [-0.4, -0.2) is 58.8 Å². The van der Waals surface area contributed by atoms with Crippen LogP contribution < -0.4 is 21.1 Å². The van der Waals surface area contributed by atoms with E-state index in [1.165, 1.54) is 13.0 Å². The molecule has 2 rings (SSSR count). The Bertz CT molecular complexity index is 1030. The number of halogens is 1. The summed E-state index contributed by atoms with van der Waals surface area (Å²) in [6.45, 7) is 5.53. The summed E-state index contributed by atoms with van der Waals surface area (Å²) in [6, 6.07) is 10.6. The smallest absolute Gasteiger partial charge is 0.328 e. The highest BCUT2D eigenvalue weighted by Gasteiger charge is 2.30. The summed E-state index contributed by atoms with van der Waals surface area (Å²) in [5, 5.41) is 24.4. The number of amides is 2. The van der Waals surface area contributed by atoms with Gasteiger partial charge in [0, 0.05) is 17.5 Å². The number of carbonyl (C=O) groups excluding carboxylic acids is 2. The maximum absolute atomic E-state index is 13.3. The number of carboxylic acid groups (broad SMARTS) is 1. The summed E-state index contributed by atoms with van der Waals surface area (Å²) in [5.74, 6) is -2.16. The summed E-state index contributed by atoms with van der Waals surface area (Å²) < 4.78 is 5.81. The van der Waals surface area contributed by atoms with Crippen molar-refractivity contribution in [1.82, 2.24) is 10.6 Å². The first kappa shape index (κ1) is 29.1. The van der Waals surface area contributed by atoms with Crippen molar-refractivity contribution in [3.8, 4) is 5.75 Å². The van der Waals surface area contributed by atoms with Crippen molar-refractivity contribution in [3.05, 3.63) is 64.7 Å². The predicted octanol–water partition coefficient (Wildman–Crippen LogP) is 2.38. The molecule has 6 N–H and O–H groups in total. The van der Waals surface area contributed by atoms with Crippen LogP contribution in [0.15, 0.2) is 48.5 Å². The van der Waals surface area contributed by atoms with Crippen LogP contribution in [0, 0.1) is 5.92 Å². The van der Waals surface area contributed by atoms with Gasteiger partial charge >= 0.3 is 5.97 Å². The SMILES string of the molecule is CC(C)C[C@@H](N)COc1ccc(Cl)cc1C(=O)N[C@@H](Cc1ccccc1)C(=O)N[C@H](C(=O)O)[C@@H](C)O. The number of benzene rings is 2. The van der Waals surface area contributed by atoms with Crippen molar-refractivity contribution >= 4 is 29.4 Å². The van der Waals surface area contributed by atoms with Gasteiger partial charge in [0.05, 0.1) is 11.7 Å². The average Bonchev–Trinajstić information content (AvgIpc) is 2.80. The van der Waals surface area contributed by atoms with Crippen LogP contribution >= 0.6 is 11.6 Å². The fourth-order valence-electron chi connectivity index (χ4n) is 3.61. The van der Waals surface area contributed by atoms with E-state index in [4.69, 9.17) is 22.1 Å². The van der Waals surface area contributed by atoms with Crippen molar-refractivity contribution in [2.24, 2.45) is 11.7 Å². The molecule has 2 aromatic carbocycles. The maximum atomic E-state index is 13.3. The molecule has 0 heterocycles.